The Bertz CT molecular complexity index is 616. The number of aryl methyl sites for hydroxylation is 1. The zero-order chi connectivity index (χ0) is 15.4. The largest absolute Gasteiger partial charge is 0.461 e. The minimum Gasteiger partial charge on any atom is -0.461 e. The molecule has 0 atom stereocenters. The fourth-order valence-corrected chi connectivity index (χ4v) is 2.51. The van der Waals surface area contributed by atoms with E-state index in [2.05, 4.69) is 13.0 Å². The van der Waals surface area contributed by atoms with E-state index in [1.54, 1.807) is 23.9 Å². The second-order valence-corrected chi connectivity index (χ2v) is 5.64. The van der Waals surface area contributed by atoms with Crippen LogP contribution in [0, 0.1) is 0 Å². The molecule has 1 aromatic heterocycles. The molecular formula is C17H24N2O2. The molecule has 2 rings (SSSR count). The molecule has 1 heterocycles. The summed E-state index contributed by atoms with van der Waals surface area (Å²) in [6.45, 7) is 2.75. The number of hydrogen-bond acceptors (Lipinski definition) is 2. The topological polar surface area (TPSA) is 36.7 Å². The molecule has 21 heavy (non-hydrogen) atoms. The zero-order valence-electron chi connectivity index (χ0n) is 13.3. The summed E-state index contributed by atoms with van der Waals surface area (Å²) in [6, 6.07) is 8.05. The van der Waals surface area contributed by atoms with Crippen LogP contribution in [0.25, 0.3) is 11.0 Å². The van der Waals surface area contributed by atoms with Crippen LogP contribution in [0.1, 0.15) is 31.1 Å². The third-order valence-electron chi connectivity index (χ3n) is 3.64. The lowest BCUT2D eigenvalue weighted by Crippen LogP contribution is -2.35. The first-order chi connectivity index (χ1) is 10.0. The van der Waals surface area contributed by atoms with Gasteiger partial charge in [0.15, 0.2) is 0 Å². The highest BCUT2D eigenvalue weighted by atomic mass is 16.3. The first-order valence-electron chi connectivity index (χ1n) is 7.46. The summed E-state index contributed by atoms with van der Waals surface area (Å²) < 4.78 is 5.99. The Labute approximate surface area is 126 Å². The summed E-state index contributed by atoms with van der Waals surface area (Å²) in [6.07, 6.45) is 3.14. The number of furan rings is 1. The maximum absolute atomic E-state index is 12.1. The van der Waals surface area contributed by atoms with E-state index in [1.165, 1.54) is 0 Å². The van der Waals surface area contributed by atoms with Crippen LogP contribution in [-0.2, 0) is 13.0 Å². The number of nitrogens with zero attached hydrogens (tertiary/aromatic N) is 2. The molecule has 0 bridgehead atoms. The molecule has 0 N–H and O–H groups in total. The van der Waals surface area contributed by atoms with Gasteiger partial charge >= 0.3 is 6.03 Å². The molecule has 0 saturated heterocycles. The Hall–Kier alpha value is -1.97. The van der Waals surface area contributed by atoms with Crippen LogP contribution in [0.5, 0.6) is 0 Å². The van der Waals surface area contributed by atoms with Gasteiger partial charge in [-0.25, -0.2) is 4.79 Å². The fourth-order valence-electron chi connectivity index (χ4n) is 2.51. The van der Waals surface area contributed by atoms with E-state index in [0.29, 0.717) is 6.54 Å². The highest BCUT2D eigenvalue weighted by Gasteiger charge is 2.18. The molecule has 2 aromatic rings. The Morgan fingerprint density at radius 2 is 1.90 bits per heavy atom. The molecule has 0 spiro atoms. The summed E-state index contributed by atoms with van der Waals surface area (Å²) in [5.74, 6) is 1.01. The van der Waals surface area contributed by atoms with Gasteiger partial charge in [-0.1, -0.05) is 31.5 Å². The number of hydrogen-bond donors (Lipinski definition) is 0. The van der Waals surface area contributed by atoms with E-state index in [0.717, 1.165) is 41.6 Å². The molecule has 2 amide bonds. The number of rotatable bonds is 5. The van der Waals surface area contributed by atoms with Crippen molar-refractivity contribution in [1.29, 1.82) is 0 Å². The first kappa shape index (κ1) is 15.4. The van der Waals surface area contributed by atoms with Crippen molar-refractivity contribution in [2.75, 3.05) is 21.1 Å². The van der Waals surface area contributed by atoms with Gasteiger partial charge in [0, 0.05) is 38.5 Å². The predicted octanol–water partition coefficient (Wildman–Crippen LogP) is 3.89. The molecule has 4 nitrogen and oxygen atoms in total. The van der Waals surface area contributed by atoms with Crippen LogP contribution < -0.4 is 0 Å². The molecule has 1 aromatic carbocycles. The Morgan fingerprint density at radius 1 is 1.19 bits per heavy atom. The first-order valence-corrected chi connectivity index (χ1v) is 7.46. The fraction of sp³-hybridized carbons (Fsp3) is 0.471. The second kappa shape index (κ2) is 6.66. The molecular weight excluding hydrogens is 264 g/mol. The van der Waals surface area contributed by atoms with E-state index in [9.17, 15) is 4.79 Å². The van der Waals surface area contributed by atoms with Gasteiger partial charge in [-0.15, -0.1) is 0 Å². The summed E-state index contributed by atoms with van der Waals surface area (Å²) >= 11 is 0. The average Bonchev–Trinajstić information content (AvgIpc) is 2.82. The summed E-state index contributed by atoms with van der Waals surface area (Å²) in [4.78, 5) is 15.4. The Kier molecular flexibility index (Phi) is 4.89. The van der Waals surface area contributed by atoms with Gasteiger partial charge in [0.1, 0.15) is 11.3 Å². The van der Waals surface area contributed by atoms with Crippen LogP contribution >= 0.6 is 0 Å². The Morgan fingerprint density at radius 3 is 2.57 bits per heavy atom. The van der Waals surface area contributed by atoms with E-state index in [-0.39, 0.29) is 6.03 Å². The minimum absolute atomic E-state index is 0.00160. The maximum Gasteiger partial charge on any atom is 0.319 e. The summed E-state index contributed by atoms with van der Waals surface area (Å²) in [7, 11) is 5.36. The molecule has 114 valence electrons. The molecule has 0 aliphatic carbocycles. The van der Waals surface area contributed by atoms with Crippen molar-refractivity contribution in [1.82, 2.24) is 9.80 Å². The van der Waals surface area contributed by atoms with E-state index >= 15 is 0 Å². The van der Waals surface area contributed by atoms with E-state index in [1.807, 2.05) is 25.2 Å². The van der Waals surface area contributed by atoms with Gasteiger partial charge in [-0.2, -0.15) is 0 Å². The number of carbonyl (C=O) groups excluding carboxylic acids is 1. The van der Waals surface area contributed by atoms with Crippen molar-refractivity contribution in [3.63, 3.8) is 0 Å². The molecule has 0 aliphatic rings. The number of fused-ring (bicyclic) bond motifs is 1. The molecule has 0 aliphatic heterocycles. The monoisotopic (exact) mass is 288 g/mol. The highest BCUT2D eigenvalue weighted by molar-refractivity contribution is 5.83. The van der Waals surface area contributed by atoms with E-state index in [4.69, 9.17) is 4.42 Å². The molecule has 0 saturated carbocycles. The van der Waals surface area contributed by atoms with Crippen LogP contribution in [0.15, 0.2) is 28.7 Å². The highest BCUT2D eigenvalue weighted by Crippen LogP contribution is 2.28. The maximum atomic E-state index is 12.1. The third kappa shape index (κ3) is 3.38. The van der Waals surface area contributed by atoms with Gasteiger partial charge in [-0.05, 0) is 12.5 Å². The molecule has 0 radical (unpaired) electrons. The lowest BCUT2D eigenvalue weighted by molar-refractivity contribution is 0.179. The normalized spacial score (nSPS) is 10.9. The zero-order valence-corrected chi connectivity index (χ0v) is 13.3. The SMILES string of the molecule is CCCCc1oc2ccccc2c1CN(C)C(=O)N(C)C. The lowest BCUT2D eigenvalue weighted by Gasteiger charge is -2.21. The van der Waals surface area contributed by atoms with E-state index < -0.39 is 0 Å². The standard InChI is InChI=1S/C17H24N2O2/c1-5-6-10-16-14(12-19(4)17(20)18(2)3)13-9-7-8-11-15(13)21-16/h7-9,11H,5-6,10,12H2,1-4H3. The second-order valence-electron chi connectivity index (χ2n) is 5.64. The minimum atomic E-state index is 0.00160. The summed E-state index contributed by atoms with van der Waals surface area (Å²) in [5, 5.41) is 1.11. The Balaban J connectivity index is 2.33. The number of amides is 2. The number of urea groups is 1. The number of unbranched alkanes of at least 4 members (excludes halogenated alkanes) is 1. The smallest absolute Gasteiger partial charge is 0.319 e. The van der Waals surface area contributed by atoms with Crippen LogP contribution in [0.2, 0.25) is 0 Å². The van der Waals surface area contributed by atoms with Crippen molar-refractivity contribution in [3.05, 3.63) is 35.6 Å². The molecule has 4 heteroatoms. The van der Waals surface area contributed by atoms with Crippen molar-refractivity contribution >= 4 is 17.0 Å². The van der Waals surface area contributed by atoms with Gasteiger partial charge in [0.25, 0.3) is 0 Å². The molecule has 0 fully saturated rings. The van der Waals surface area contributed by atoms with Gasteiger partial charge in [0.2, 0.25) is 0 Å². The number of carbonyl (C=O) groups is 1. The van der Waals surface area contributed by atoms with Crippen molar-refractivity contribution in [3.8, 4) is 0 Å². The third-order valence-corrected chi connectivity index (χ3v) is 3.64. The predicted molar refractivity (Wildman–Crippen MR) is 85.4 cm³/mol. The lowest BCUT2D eigenvalue weighted by atomic mass is 10.1. The van der Waals surface area contributed by atoms with Crippen LogP contribution in [-0.4, -0.2) is 37.0 Å². The van der Waals surface area contributed by atoms with Gasteiger partial charge in [-0.3, -0.25) is 0 Å². The number of para-hydroxylation sites is 1. The van der Waals surface area contributed by atoms with Crippen molar-refractivity contribution in [2.45, 2.75) is 32.7 Å². The average molecular weight is 288 g/mol. The van der Waals surface area contributed by atoms with Crippen LogP contribution in [0.3, 0.4) is 0 Å². The summed E-state index contributed by atoms with van der Waals surface area (Å²) in [5.41, 5.74) is 2.04. The van der Waals surface area contributed by atoms with Gasteiger partial charge in [0.05, 0.1) is 6.54 Å². The van der Waals surface area contributed by atoms with Crippen molar-refractivity contribution in [2.24, 2.45) is 0 Å². The van der Waals surface area contributed by atoms with Crippen molar-refractivity contribution < 1.29 is 9.21 Å². The van der Waals surface area contributed by atoms with Crippen LogP contribution in [0.4, 0.5) is 4.79 Å². The quantitative estimate of drug-likeness (QED) is 0.837. The molecule has 0 unspecified atom stereocenters. The van der Waals surface area contributed by atoms with Gasteiger partial charge < -0.3 is 14.2 Å². The number of benzene rings is 1.